The largest absolute Gasteiger partial charge is 0.500 e. The van der Waals surface area contributed by atoms with Crippen molar-refractivity contribution >= 4 is 23.7 Å². The fraction of sp³-hybridized carbons (Fsp3) is 0.118. The fourth-order valence-corrected chi connectivity index (χ4v) is 3.05. The Morgan fingerprint density at radius 3 is 2.85 bits per heavy atom. The van der Waals surface area contributed by atoms with E-state index in [2.05, 4.69) is 15.3 Å². The van der Waals surface area contributed by atoms with Crippen molar-refractivity contribution in [2.75, 3.05) is 7.11 Å². The number of rotatable bonds is 7. The highest BCUT2D eigenvalue weighted by Gasteiger charge is 2.19. The van der Waals surface area contributed by atoms with E-state index in [1.807, 2.05) is 30.3 Å². The van der Waals surface area contributed by atoms with Gasteiger partial charge in [0.1, 0.15) is 6.33 Å². The predicted molar refractivity (Wildman–Crippen MR) is 100 cm³/mol. The molecule has 0 radical (unpaired) electrons. The maximum absolute atomic E-state index is 11.1. The number of aromatic hydroxyl groups is 1. The van der Waals surface area contributed by atoms with Crippen LogP contribution in [0.3, 0.4) is 0 Å². The van der Waals surface area contributed by atoms with E-state index < -0.39 is 16.4 Å². The molecule has 2 aromatic carbocycles. The highest BCUT2D eigenvalue weighted by molar-refractivity contribution is 7.98. The van der Waals surface area contributed by atoms with Crippen LogP contribution in [-0.4, -0.2) is 38.2 Å². The summed E-state index contributed by atoms with van der Waals surface area (Å²) in [7, 11) is 1.32. The zero-order valence-corrected chi connectivity index (χ0v) is 15.0. The molecule has 1 N–H and O–H groups in total. The number of aromatic nitrogens is 3. The van der Waals surface area contributed by atoms with Crippen LogP contribution in [0.15, 0.2) is 59.0 Å². The van der Waals surface area contributed by atoms with Gasteiger partial charge in [-0.2, -0.15) is 9.78 Å². The van der Waals surface area contributed by atoms with Gasteiger partial charge in [0.2, 0.25) is 10.9 Å². The molecule has 0 aliphatic carbocycles. The normalized spacial score (nSPS) is 11.0. The molecule has 1 heterocycles. The van der Waals surface area contributed by atoms with Crippen LogP contribution < -0.4 is 4.74 Å². The molecule has 0 atom stereocenters. The lowest BCUT2D eigenvalue weighted by molar-refractivity contribution is -0.386. The van der Waals surface area contributed by atoms with Gasteiger partial charge in [0, 0.05) is 17.4 Å². The second-order valence-corrected chi connectivity index (χ2v) is 6.27. The quantitative estimate of drug-likeness (QED) is 0.287. The van der Waals surface area contributed by atoms with Crippen LogP contribution in [0.25, 0.3) is 0 Å². The maximum Gasteiger partial charge on any atom is 0.315 e. The molecule has 3 rings (SSSR count). The molecule has 0 fully saturated rings. The van der Waals surface area contributed by atoms with Crippen molar-refractivity contribution in [1.82, 2.24) is 14.9 Å². The number of hydrogen-bond donors (Lipinski definition) is 1. The molecule has 0 aliphatic rings. The molecule has 1 aromatic heterocycles. The number of methoxy groups -OCH3 is 1. The van der Waals surface area contributed by atoms with Crippen LogP contribution in [0.1, 0.15) is 11.1 Å². The van der Waals surface area contributed by atoms with E-state index in [1.54, 1.807) is 0 Å². The molecule has 0 saturated heterocycles. The average molecular weight is 385 g/mol. The summed E-state index contributed by atoms with van der Waals surface area (Å²) in [6.45, 7) is 0. The molecular weight excluding hydrogens is 370 g/mol. The topological polar surface area (TPSA) is 116 Å². The maximum atomic E-state index is 11.1. The minimum Gasteiger partial charge on any atom is -0.500 e. The minimum absolute atomic E-state index is 0.00641. The second-order valence-electron chi connectivity index (χ2n) is 5.32. The summed E-state index contributed by atoms with van der Waals surface area (Å²) in [6, 6.07) is 12.6. The molecule has 0 aliphatic heterocycles. The van der Waals surface area contributed by atoms with E-state index in [0.29, 0.717) is 16.5 Å². The Morgan fingerprint density at radius 1 is 1.37 bits per heavy atom. The van der Waals surface area contributed by atoms with Gasteiger partial charge in [-0.3, -0.25) is 10.1 Å². The first-order chi connectivity index (χ1) is 13.1. The predicted octanol–water partition coefficient (Wildman–Crippen LogP) is 3.08. The van der Waals surface area contributed by atoms with Gasteiger partial charge in [0.05, 0.1) is 18.2 Å². The van der Waals surface area contributed by atoms with Gasteiger partial charge < -0.3 is 9.84 Å². The monoisotopic (exact) mass is 385 g/mol. The van der Waals surface area contributed by atoms with E-state index in [1.165, 1.54) is 48.2 Å². The van der Waals surface area contributed by atoms with Crippen molar-refractivity contribution in [3.05, 3.63) is 70.0 Å². The molecule has 138 valence electrons. The van der Waals surface area contributed by atoms with Crippen molar-refractivity contribution in [2.24, 2.45) is 5.10 Å². The Bertz CT molecular complexity index is 975. The van der Waals surface area contributed by atoms with Crippen molar-refractivity contribution in [1.29, 1.82) is 0 Å². The first-order valence-electron chi connectivity index (χ1n) is 7.75. The average Bonchev–Trinajstić information content (AvgIpc) is 3.13. The number of nitro groups is 1. The third-order valence-corrected chi connectivity index (χ3v) is 4.54. The summed E-state index contributed by atoms with van der Waals surface area (Å²) in [5.74, 6) is 0.171. The van der Waals surface area contributed by atoms with Gasteiger partial charge in [-0.05, 0) is 11.6 Å². The fourth-order valence-electron chi connectivity index (χ4n) is 2.23. The number of nitro benzene ring substituents is 1. The zero-order chi connectivity index (χ0) is 19.2. The Kier molecular flexibility index (Phi) is 5.67. The van der Waals surface area contributed by atoms with E-state index in [0.717, 1.165) is 5.56 Å². The molecule has 0 spiro atoms. The number of hydrogen-bond acceptors (Lipinski definition) is 8. The number of nitrogens with zero attached hydrogens (tertiary/aromatic N) is 5. The molecule has 0 bridgehead atoms. The summed E-state index contributed by atoms with van der Waals surface area (Å²) in [6.07, 6.45) is 2.85. The molecule has 0 saturated carbocycles. The summed E-state index contributed by atoms with van der Waals surface area (Å²) in [5.41, 5.74) is 1.07. The highest BCUT2D eigenvalue weighted by Crippen LogP contribution is 2.36. The first-order valence-corrected chi connectivity index (χ1v) is 8.73. The third kappa shape index (κ3) is 4.42. The second kappa shape index (κ2) is 8.32. The van der Waals surface area contributed by atoms with Gasteiger partial charge in [-0.15, -0.1) is 10.2 Å². The van der Waals surface area contributed by atoms with Crippen molar-refractivity contribution in [3.8, 4) is 11.5 Å². The van der Waals surface area contributed by atoms with Gasteiger partial charge in [-0.1, -0.05) is 42.1 Å². The molecule has 9 nitrogen and oxygen atoms in total. The molecule has 3 aromatic rings. The van der Waals surface area contributed by atoms with Crippen LogP contribution in [0.2, 0.25) is 0 Å². The van der Waals surface area contributed by atoms with Crippen LogP contribution >= 0.6 is 11.8 Å². The van der Waals surface area contributed by atoms with Crippen molar-refractivity contribution < 1.29 is 14.8 Å². The van der Waals surface area contributed by atoms with Crippen LogP contribution in [-0.2, 0) is 5.75 Å². The Morgan fingerprint density at radius 2 is 2.15 bits per heavy atom. The number of ether oxygens (including phenoxy) is 1. The Labute approximate surface area is 158 Å². The van der Waals surface area contributed by atoms with Gasteiger partial charge in [-0.25, -0.2) is 0 Å². The molecule has 27 heavy (non-hydrogen) atoms. The highest BCUT2D eigenvalue weighted by atomic mass is 32.2. The van der Waals surface area contributed by atoms with E-state index in [9.17, 15) is 15.2 Å². The lowest BCUT2D eigenvalue weighted by Crippen LogP contribution is -1.96. The van der Waals surface area contributed by atoms with Crippen LogP contribution in [0.4, 0.5) is 5.69 Å². The zero-order valence-electron chi connectivity index (χ0n) is 14.2. The minimum atomic E-state index is -0.685. The first kappa shape index (κ1) is 18.4. The Balaban J connectivity index is 1.80. The summed E-state index contributed by atoms with van der Waals surface area (Å²) >= 11 is 1.46. The lowest BCUT2D eigenvalue weighted by Gasteiger charge is -2.05. The number of phenolic OH excluding ortho intramolecular Hbond substituents is 1. The summed E-state index contributed by atoms with van der Waals surface area (Å²) in [4.78, 5) is 10.4. The van der Waals surface area contributed by atoms with E-state index in [-0.39, 0.29) is 5.75 Å². The summed E-state index contributed by atoms with van der Waals surface area (Å²) < 4.78 is 6.44. The van der Waals surface area contributed by atoms with Gasteiger partial charge >= 0.3 is 5.69 Å². The van der Waals surface area contributed by atoms with Gasteiger partial charge in [0.25, 0.3) is 0 Å². The van der Waals surface area contributed by atoms with Crippen LogP contribution in [0.5, 0.6) is 11.5 Å². The molecule has 0 unspecified atom stereocenters. The number of benzene rings is 2. The van der Waals surface area contributed by atoms with Crippen molar-refractivity contribution in [3.63, 3.8) is 0 Å². The molecular formula is C17H15N5O4S. The SMILES string of the molecule is COc1cc(/C=N/n2cnnc2SCc2ccccc2)cc([N+](=O)[O-])c1O. The molecule has 0 amide bonds. The van der Waals surface area contributed by atoms with Crippen molar-refractivity contribution in [2.45, 2.75) is 10.9 Å². The van der Waals surface area contributed by atoms with E-state index in [4.69, 9.17) is 4.74 Å². The smallest absolute Gasteiger partial charge is 0.315 e. The summed E-state index contributed by atoms with van der Waals surface area (Å²) in [5, 5.41) is 33.6. The van der Waals surface area contributed by atoms with Gasteiger partial charge in [0.15, 0.2) is 5.75 Å². The lowest BCUT2D eigenvalue weighted by atomic mass is 10.2. The third-order valence-electron chi connectivity index (χ3n) is 3.54. The molecule has 10 heteroatoms. The Hall–Kier alpha value is -3.40. The van der Waals surface area contributed by atoms with Crippen LogP contribution in [0, 0.1) is 10.1 Å². The number of thioether (sulfide) groups is 1. The standard InChI is InChI=1S/C17H15N5O4S/c1-26-15-8-13(7-14(16(15)23)22(24)25)9-19-21-11-18-20-17(21)27-10-12-5-3-2-4-6-12/h2-9,11,23H,10H2,1H3/b19-9+. The number of phenols is 1. The van der Waals surface area contributed by atoms with E-state index >= 15 is 0 Å².